The van der Waals surface area contributed by atoms with Crippen LogP contribution < -0.4 is 5.32 Å². The van der Waals surface area contributed by atoms with E-state index in [4.69, 9.17) is 4.74 Å². The Morgan fingerprint density at radius 3 is 2.91 bits per heavy atom. The third-order valence-corrected chi connectivity index (χ3v) is 6.38. The molecule has 22 heavy (non-hydrogen) atoms. The largest absolute Gasteiger partial charge is 0.363 e. The minimum Gasteiger partial charge on any atom is -0.363 e. The van der Waals surface area contributed by atoms with E-state index in [0.29, 0.717) is 13.0 Å². The molecule has 0 unspecified atom stereocenters. The topological polar surface area (TPSA) is 61.9 Å². The van der Waals surface area contributed by atoms with Gasteiger partial charge < -0.3 is 19.9 Å². The number of piperazine rings is 1. The van der Waals surface area contributed by atoms with Gasteiger partial charge in [0.15, 0.2) is 0 Å². The summed E-state index contributed by atoms with van der Waals surface area (Å²) < 4.78 is 4.92. The number of anilines is 1. The number of hydrogen-bond acceptors (Lipinski definition) is 4. The van der Waals surface area contributed by atoms with Gasteiger partial charge in [-0.3, -0.25) is 9.59 Å². The van der Waals surface area contributed by atoms with Crippen LogP contribution in [0.2, 0.25) is 0 Å². The lowest BCUT2D eigenvalue weighted by atomic mass is 9.95. The summed E-state index contributed by atoms with van der Waals surface area (Å²) in [6.07, 6.45) is 0.351. The second-order valence-electron chi connectivity index (χ2n) is 6.24. The van der Waals surface area contributed by atoms with Gasteiger partial charge in [-0.25, -0.2) is 0 Å². The van der Waals surface area contributed by atoms with E-state index >= 15 is 0 Å². The first kappa shape index (κ1) is 12.9. The number of carbonyl (C=O) groups excluding carboxylic acids is 2. The average Bonchev–Trinajstić information content (AvgIpc) is 3.16. The number of halogens is 1. The molecule has 7 heteroatoms. The highest BCUT2D eigenvalue weighted by molar-refractivity contribution is 9.09. The fraction of sp³-hybridized carbons (Fsp3) is 0.467. The van der Waals surface area contributed by atoms with Gasteiger partial charge in [0.05, 0.1) is 10.9 Å². The zero-order chi connectivity index (χ0) is 15.1. The maximum Gasteiger partial charge on any atom is 0.250 e. The molecule has 4 aliphatic rings. The Balaban J connectivity index is 1.61. The molecule has 0 radical (unpaired) electrons. The van der Waals surface area contributed by atoms with Crippen molar-refractivity contribution in [2.75, 3.05) is 18.7 Å². The molecule has 1 N–H and O–H groups in total. The predicted octanol–water partition coefficient (Wildman–Crippen LogP) is 0.828. The fourth-order valence-corrected chi connectivity index (χ4v) is 5.15. The van der Waals surface area contributed by atoms with E-state index in [0.717, 1.165) is 11.3 Å². The van der Waals surface area contributed by atoms with Crippen LogP contribution in [-0.2, 0) is 18.7 Å². The smallest absolute Gasteiger partial charge is 0.250 e. The van der Waals surface area contributed by atoms with Gasteiger partial charge in [-0.1, -0.05) is 34.1 Å². The van der Waals surface area contributed by atoms with Crippen molar-refractivity contribution in [1.29, 1.82) is 0 Å². The standard InChI is InChI=1S/C15H14BrN3O3/c16-15-5-10-12(20)18-7-22-6-11(18)13(21)19(10)14(15)17-9-4-2-1-3-8(9)15/h1-4,10-11,14,17H,5-7H2/t10-,11-,14+,15-/m0/s1. The quantitative estimate of drug-likeness (QED) is 0.693. The molecule has 3 saturated heterocycles. The Bertz CT molecular complexity index is 711. The highest BCUT2D eigenvalue weighted by Crippen LogP contribution is 2.56. The molecule has 0 saturated carbocycles. The van der Waals surface area contributed by atoms with Gasteiger partial charge >= 0.3 is 0 Å². The number of benzene rings is 1. The Morgan fingerprint density at radius 2 is 2.05 bits per heavy atom. The Kier molecular flexibility index (Phi) is 2.36. The minimum absolute atomic E-state index is 0.00499. The molecule has 114 valence electrons. The van der Waals surface area contributed by atoms with Crippen molar-refractivity contribution < 1.29 is 14.3 Å². The molecular weight excluding hydrogens is 350 g/mol. The van der Waals surface area contributed by atoms with Gasteiger partial charge in [-0.05, 0) is 11.6 Å². The van der Waals surface area contributed by atoms with Crippen molar-refractivity contribution in [2.45, 2.75) is 29.0 Å². The summed E-state index contributed by atoms with van der Waals surface area (Å²) in [5.74, 6) is -0.0247. The number of ether oxygens (including phenoxy) is 1. The fourth-order valence-electron chi connectivity index (χ4n) is 4.17. The third-order valence-electron chi connectivity index (χ3n) is 5.19. The van der Waals surface area contributed by atoms with Crippen molar-refractivity contribution in [1.82, 2.24) is 9.80 Å². The summed E-state index contributed by atoms with van der Waals surface area (Å²) in [7, 11) is 0. The Labute approximate surface area is 135 Å². The lowest BCUT2D eigenvalue weighted by Crippen LogP contribution is -2.63. The summed E-state index contributed by atoms with van der Waals surface area (Å²) in [4.78, 5) is 28.9. The summed E-state index contributed by atoms with van der Waals surface area (Å²) in [6, 6.07) is 7.12. The van der Waals surface area contributed by atoms with E-state index in [9.17, 15) is 9.59 Å². The summed E-state index contributed by atoms with van der Waals surface area (Å²) in [5, 5.41) is 3.41. The molecule has 0 spiro atoms. The summed E-state index contributed by atoms with van der Waals surface area (Å²) >= 11 is 3.84. The zero-order valence-electron chi connectivity index (χ0n) is 11.7. The normalized spacial score (nSPS) is 38.5. The molecule has 4 aliphatic heterocycles. The maximum atomic E-state index is 12.9. The van der Waals surface area contributed by atoms with Gasteiger partial charge in [0, 0.05) is 12.1 Å². The van der Waals surface area contributed by atoms with E-state index in [-0.39, 0.29) is 24.7 Å². The van der Waals surface area contributed by atoms with Gasteiger partial charge in [-0.2, -0.15) is 0 Å². The molecule has 0 aromatic heterocycles. The third kappa shape index (κ3) is 1.34. The van der Waals surface area contributed by atoms with Crippen LogP contribution in [0.25, 0.3) is 0 Å². The first-order valence-electron chi connectivity index (χ1n) is 7.36. The molecule has 3 fully saturated rings. The number of nitrogens with zero attached hydrogens (tertiary/aromatic N) is 2. The zero-order valence-corrected chi connectivity index (χ0v) is 13.2. The first-order valence-corrected chi connectivity index (χ1v) is 8.16. The van der Waals surface area contributed by atoms with Crippen molar-refractivity contribution >= 4 is 33.4 Å². The van der Waals surface area contributed by atoms with Crippen molar-refractivity contribution in [3.8, 4) is 0 Å². The van der Waals surface area contributed by atoms with Crippen LogP contribution in [-0.4, -0.2) is 53.2 Å². The predicted molar refractivity (Wildman–Crippen MR) is 81.2 cm³/mol. The number of rotatable bonds is 0. The number of amides is 2. The lowest BCUT2D eigenvalue weighted by Gasteiger charge is -2.39. The van der Waals surface area contributed by atoms with Crippen LogP contribution in [0.4, 0.5) is 5.69 Å². The Hall–Kier alpha value is -1.60. The average molecular weight is 364 g/mol. The van der Waals surface area contributed by atoms with Crippen molar-refractivity contribution in [3.63, 3.8) is 0 Å². The van der Waals surface area contributed by atoms with E-state index < -0.39 is 16.4 Å². The maximum absolute atomic E-state index is 12.9. The van der Waals surface area contributed by atoms with Crippen LogP contribution in [0, 0.1) is 0 Å². The number of fused-ring (bicyclic) bond motifs is 6. The van der Waals surface area contributed by atoms with Gasteiger partial charge in [0.2, 0.25) is 11.8 Å². The summed E-state index contributed by atoms with van der Waals surface area (Å²) in [5.41, 5.74) is 2.14. The van der Waals surface area contributed by atoms with E-state index in [1.165, 1.54) is 0 Å². The molecule has 6 nitrogen and oxygen atoms in total. The number of nitrogens with one attached hydrogen (secondary N) is 1. The van der Waals surface area contributed by atoms with Crippen LogP contribution in [0.1, 0.15) is 12.0 Å². The van der Waals surface area contributed by atoms with E-state index in [1.54, 1.807) is 9.80 Å². The highest BCUT2D eigenvalue weighted by atomic mass is 79.9. The molecule has 1 aromatic rings. The first-order chi connectivity index (χ1) is 10.6. The number of alkyl halides is 1. The lowest BCUT2D eigenvalue weighted by molar-refractivity contribution is -0.158. The molecule has 1 aromatic carbocycles. The van der Waals surface area contributed by atoms with Crippen molar-refractivity contribution in [2.24, 2.45) is 0 Å². The van der Waals surface area contributed by atoms with Gasteiger partial charge in [0.1, 0.15) is 25.0 Å². The number of para-hydroxylation sites is 1. The minimum atomic E-state index is -0.468. The molecule has 4 atom stereocenters. The molecule has 4 heterocycles. The van der Waals surface area contributed by atoms with Gasteiger partial charge in [0.25, 0.3) is 0 Å². The highest BCUT2D eigenvalue weighted by Gasteiger charge is 2.64. The number of carbonyl (C=O) groups is 2. The SMILES string of the molecule is O=C1[C@@H]2C[C@]3(Br)c4ccccc4N[C@@H]3N2C(=O)[C@@H]2COCN12. The molecule has 0 bridgehead atoms. The Morgan fingerprint density at radius 1 is 1.23 bits per heavy atom. The molecular formula is C15H14BrN3O3. The second kappa shape index (κ2) is 4.02. The van der Waals surface area contributed by atoms with Gasteiger partial charge in [-0.15, -0.1) is 0 Å². The second-order valence-corrected chi connectivity index (χ2v) is 7.66. The number of hydrogen-bond donors (Lipinski definition) is 1. The van der Waals surface area contributed by atoms with Crippen LogP contribution in [0.5, 0.6) is 0 Å². The van der Waals surface area contributed by atoms with E-state index in [2.05, 4.69) is 27.3 Å². The summed E-state index contributed by atoms with van der Waals surface area (Å²) in [6.45, 7) is 0.520. The van der Waals surface area contributed by atoms with E-state index in [1.807, 2.05) is 18.2 Å². The van der Waals surface area contributed by atoms with Crippen LogP contribution in [0.3, 0.4) is 0 Å². The molecule has 0 aliphatic carbocycles. The van der Waals surface area contributed by atoms with Crippen LogP contribution >= 0.6 is 15.9 Å². The molecule has 5 rings (SSSR count). The van der Waals surface area contributed by atoms with Crippen molar-refractivity contribution in [3.05, 3.63) is 29.8 Å². The van der Waals surface area contributed by atoms with Crippen LogP contribution in [0.15, 0.2) is 24.3 Å². The monoisotopic (exact) mass is 363 g/mol. The molecule has 2 amide bonds.